The predicted molar refractivity (Wildman–Crippen MR) is 112 cm³/mol. The first kappa shape index (κ1) is 21.0. The minimum absolute atomic E-state index is 0.183. The number of rotatable bonds is 4. The number of benzene rings is 2. The maximum atomic E-state index is 13.2. The quantitative estimate of drug-likeness (QED) is 0.827. The zero-order chi connectivity index (χ0) is 21.2. The van der Waals surface area contributed by atoms with E-state index < -0.39 is 15.9 Å². The molecule has 1 amide bonds. The highest BCUT2D eigenvalue weighted by atomic mass is 32.2. The topological polar surface area (TPSA) is 90.3 Å². The minimum atomic E-state index is -3.67. The van der Waals surface area contributed by atoms with Crippen LogP contribution in [0.2, 0.25) is 0 Å². The summed E-state index contributed by atoms with van der Waals surface area (Å²) in [4.78, 5) is 13.0. The zero-order valence-electron chi connectivity index (χ0n) is 16.9. The largest absolute Gasteiger partial charge is 0.322 e. The highest BCUT2D eigenvalue weighted by Gasteiger charge is 2.30. The van der Waals surface area contributed by atoms with Crippen molar-refractivity contribution in [2.75, 3.05) is 18.4 Å². The van der Waals surface area contributed by atoms with Gasteiger partial charge in [0.25, 0.3) is 5.91 Å². The lowest BCUT2D eigenvalue weighted by Gasteiger charge is -2.30. The summed E-state index contributed by atoms with van der Waals surface area (Å²) in [5.74, 6) is 0.109. The maximum Gasteiger partial charge on any atom is 0.255 e. The van der Waals surface area contributed by atoms with Crippen molar-refractivity contribution in [3.8, 4) is 6.07 Å². The van der Waals surface area contributed by atoms with Gasteiger partial charge >= 0.3 is 0 Å². The Morgan fingerprint density at radius 1 is 1.17 bits per heavy atom. The van der Waals surface area contributed by atoms with Gasteiger partial charge < -0.3 is 5.32 Å². The lowest BCUT2D eigenvalue weighted by Crippen LogP contribution is -2.38. The number of hydrogen-bond acceptors (Lipinski definition) is 4. The monoisotopic (exact) mass is 411 g/mol. The molecule has 0 bridgehead atoms. The van der Waals surface area contributed by atoms with Crippen LogP contribution >= 0.6 is 0 Å². The number of piperidine rings is 1. The summed E-state index contributed by atoms with van der Waals surface area (Å²) in [7, 11) is -3.67. The lowest BCUT2D eigenvalue weighted by molar-refractivity contribution is 0.102. The third-order valence-corrected chi connectivity index (χ3v) is 7.52. The van der Waals surface area contributed by atoms with Gasteiger partial charge in [0.1, 0.15) is 0 Å². The van der Waals surface area contributed by atoms with Crippen LogP contribution < -0.4 is 5.32 Å². The molecule has 1 fully saturated rings. The number of carbonyl (C=O) groups excluding carboxylic acids is 1. The molecular weight excluding hydrogens is 386 g/mol. The number of hydrogen-bond donors (Lipinski definition) is 1. The zero-order valence-corrected chi connectivity index (χ0v) is 17.7. The van der Waals surface area contributed by atoms with E-state index in [1.165, 1.54) is 10.4 Å². The van der Waals surface area contributed by atoms with Crippen LogP contribution in [0.5, 0.6) is 0 Å². The first-order valence-corrected chi connectivity index (χ1v) is 11.1. The molecule has 1 saturated heterocycles. The molecule has 0 radical (unpaired) electrons. The molecule has 0 unspecified atom stereocenters. The highest BCUT2D eigenvalue weighted by molar-refractivity contribution is 7.89. The molecule has 0 atom stereocenters. The van der Waals surface area contributed by atoms with Crippen LogP contribution in [0.25, 0.3) is 0 Å². The molecule has 3 rings (SSSR count). The van der Waals surface area contributed by atoms with Crippen molar-refractivity contribution in [2.45, 2.75) is 38.5 Å². The van der Waals surface area contributed by atoms with E-state index in [0.29, 0.717) is 35.8 Å². The average Bonchev–Trinajstić information content (AvgIpc) is 2.70. The number of nitriles is 1. The van der Waals surface area contributed by atoms with E-state index in [0.717, 1.165) is 18.4 Å². The molecular formula is C22H25N3O3S. The van der Waals surface area contributed by atoms with Gasteiger partial charge in [-0.1, -0.05) is 13.0 Å². The van der Waals surface area contributed by atoms with Crippen LogP contribution in [0.3, 0.4) is 0 Å². The standard InChI is InChI=1S/C22H25N3O3S/c1-15-7-9-25(10-8-15)29(27,28)21-13-19(11-16(2)17(21)3)22(26)24-20-6-4-5-18(12-20)14-23/h4-6,11-13,15H,7-10H2,1-3H3,(H,24,26). The number of nitrogens with zero attached hydrogens (tertiary/aromatic N) is 2. The molecule has 1 heterocycles. The fraction of sp³-hybridized carbons (Fsp3) is 0.364. The Bertz CT molecular complexity index is 1080. The molecule has 6 nitrogen and oxygen atoms in total. The second kappa shape index (κ2) is 8.36. The van der Waals surface area contributed by atoms with Crippen LogP contribution in [-0.4, -0.2) is 31.7 Å². The van der Waals surface area contributed by atoms with Crippen molar-refractivity contribution >= 4 is 21.6 Å². The number of anilines is 1. The van der Waals surface area contributed by atoms with Crippen LogP contribution in [0, 0.1) is 31.1 Å². The second-order valence-corrected chi connectivity index (χ2v) is 9.56. The Morgan fingerprint density at radius 3 is 2.52 bits per heavy atom. The fourth-order valence-corrected chi connectivity index (χ4v) is 5.25. The van der Waals surface area contributed by atoms with Gasteiger partial charge in [0.05, 0.1) is 16.5 Å². The summed E-state index contributed by atoms with van der Waals surface area (Å²) in [5, 5.41) is 11.8. The molecule has 0 aromatic heterocycles. The molecule has 0 aliphatic carbocycles. The van der Waals surface area contributed by atoms with Gasteiger partial charge in [-0.2, -0.15) is 9.57 Å². The Kier molecular flexibility index (Phi) is 6.06. The van der Waals surface area contributed by atoms with Gasteiger partial charge in [0.15, 0.2) is 0 Å². The van der Waals surface area contributed by atoms with Crippen LogP contribution in [0.1, 0.15) is 46.8 Å². The van der Waals surface area contributed by atoms with Crippen molar-refractivity contribution in [1.82, 2.24) is 4.31 Å². The van der Waals surface area contributed by atoms with Crippen LogP contribution in [0.4, 0.5) is 5.69 Å². The van der Waals surface area contributed by atoms with Crippen molar-refractivity contribution in [1.29, 1.82) is 5.26 Å². The fourth-order valence-electron chi connectivity index (χ4n) is 3.46. The van der Waals surface area contributed by atoms with Crippen LogP contribution in [-0.2, 0) is 10.0 Å². The van der Waals surface area contributed by atoms with Crippen molar-refractivity contribution in [3.05, 3.63) is 58.7 Å². The van der Waals surface area contributed by atoms with Gasteiger partial charge in [-0.3, -0.25) is 4.79 Å². The molecule has 7 heteroatoms. The van der Waals surface area contributed by atoms with Crippen molar-refractivity contribution in [3.63, 3.8) is 0 Å². The highest BCUT2D eigenvalue weighted by Crippen LogP contribution is 2.28. The Labute approximate surface area is 172 Å². The summed E-state index contributed by atoms with van der Waals surface area (Å²) in [6.07, 6.45) is 1.68. The number of carbonyl (C=O) groups is 1. The normalized spacial score (nSPS) is 15.7. The van der Waals surface area contributed by atoms with E-state index in [-0.39, 0.29) is 10.5 Å². The van der Waals surface area contributed by atoms with Crippen LogP contribution in [0.15, 0.2) is 41.3 Å². The number of amides is 1. The summed E-state index contributed by atoms with van der Waals surface area (Å²) in [6.45, 7) is 6.71. The first-order valence-electron chi connectivity index (χ1n) is 9.65. The number of sulfonamides is 1. The minimum Gasteiger partial charge on any atom is -0.322 e. The van der Waals surface area contributed by atoms with E-state index in [9.17, 15) is 13.2 Å². The van der Waals surface area contributed by atoms with Gasteiger partial charge in [-0.25, -0.2) is 8.42 Å². The second-order valence-electron chi connectivity index (χ2n) is 7.65. The third kappa shape index (κ3) is 4.50. The Hall–Kier alpha value is -2.69. The third-order valence-electron chi connectivity index (χ3n) is 5.49. The van der Waals surface area contributed by atoms with E-state index in [4.69, 9.17) is 5.26 Å². The summed E-state index contributed by atoms with van der Waals surface area (Å²) in [5.41, 5.74) is 2.60. The number of aryl methyl sites for hydroxylation is 1. The Balaban J connectivity index is 1.93. The van der Waals surface area contributed by atoms with Crippen molar-refractivity contribution in [2.24, 2.45) is 5.92 Å². The summed E-state index contributed by atoms with van der Waals surface area (Å²) >= 11 is 0. The number of nitrogens with one attached hydrogen (secondary N) is 1. The van der Waals surface area contributed by atoms with E-state index in [1.54, 1.807) is 44.2 Å². The molecule has 0 saturated carbocycles. The van der Waals surface area contributed by atoms with Crippen molar-refractivity contribution < 1.29 is 13.2 Å². The smallest absolute Gasteiger partial charge is 0.255 e. The molecule has 152 valence electrons. The van der Waals surface area contributed by atoms with Gasteiger partial charge in [0.2, 0.25) is 10.0 Å². The van der Waals surface area contributed by atoms with E-state index in [1.807, 2.05) is 6.07 Å². The van der Waals surface area contributed by atoms with Gasteiger partial charge in [0, 0.05) is 24.3 Å². The Morgan fingerprint density at radius 2 is 1.86 bits per heavy atom. The van der Waals surface area contributed by atoms with E-state index >= 15 is 0 Å². The SMILES string of the molecule is Cc1cc(C(=O)Nc2cccc(C#N)c2)cc(S(=O)(=O)N2CCC(C)CC2)c1C. The first-order chi connectivity index (χ1) is 13.7. The molecule has 1 aliphatic heterocycles. The molecule has 0 spiro atoms. The van der Waals surface area contributed by atoms with E-state index in [2.05, 4.69) is 12.2 Å². The molecule has 2 aromatic rings. The van der Waals surface area contributed by atoms with Gasteiger partial charge in [-0.05, 0) is 74.1 Å². The molecule has 2 aromatic carbocycles. The summed E-state index contributed by atoms with van der Waals surface area (Å²) in [6, 6.07) is 11.8. The van der Waals surface area contributed by atoms with Gasteiger partial charge in [-0.15, -0.1) is 0 Å². The summed E-state index contributed by atoms with van der Waals surface area (Å²) < 4.78 is 28.0. The lowest BCUT2D eigenvalue weighted by atomic mass is 10.0. The average molecular weight is 412 g/mol. The molecule has 1 aliphatic rings. The molecule has 1 N–H and O–H groups in total. The predicted octanol–water partition coefficient (Wildman–Crippen LogP) is 3.85. The maximum absolute atomic E-state index is 13.2. The molecule has 29 heavy (non-hydrogen) atoms.